The molecule has 218 valence electrons. The number of carbonyl (C=O) groups excluding carboxylic acids is 2. The first-order valence-electron chi connectivity index (χ1n) is 13.4. The molecule has 0 aliphatic heterocycles. The number of amides is 2. The first-order chi connectivity index (χ1) is 20.2. The second-order valence-corrected chi connectivity index (χ2v) is 11.3. The van der Waals surface area contributed by atoms with Gasteiger partial charge in [-0.15, -0.1) is 0 Å². The normalized spacial score (nSPS) is 11.8. The number of carbonyl (C=O) groups is 2. The van der Waals surface area contributed by atoms with Crippen LogP contribution < -0.4 is 14.4 Å². The molecular formula is C32H32FN3O5S. The maximum absolute atomic E-state index is 13.9. The quantitative estimate of drug-likeness (QED) is 0.240. The van der Waals surface area contributed by atoms with Crippen molar-refractivity contribution in [3.63, 3.8) is 0 Å². The highest BCUT2D eigenvalue weighted by atomic mass is 32.2. The molecule has 0 spiro atoms. The van der Waals surface area contributed by atoms with Crippen molar-refractivity contribution in [3.05, 3.63) is 121 Å². The second kappa shape index (κ2) is 13.8. The smallest absolute Gasteiger partial charge is 0.264 e. The summed E-state index contributed by atoms with van der Waals surface area (Å²) in [6.07, 6.45) is 0.281. The highest BCUT2D eigenvalue weighted by molar-refractivity contribution is 7.92. The molecule has 2 amide bonds. The maximum atomic E-state index is 13.9. The molecule has 4 aromatic carbocycles. The number of hydrogen-bond acceptors (Lipinski definition) is 5. The SMILES string of the molecule is CC[C@H](C(=O)NC)N(Cc1ccc(F)cc1)C(=O)CN(c1ccc(Oc2ccccc2)cc1)S(=O)(=O)c1ccccc1. The summed E-state index contributed by atoms with van der Waals surface area (Å²) in [4.78, 5) is 28.1. The van der Waals surface area contributed by atoms with Gasteiger partial charge in [0.25, 0.3) is 10.0 Å². The molecule has 0 radical (unpaired) electrons. The minimum absolute atomic E-state index is 0.00541. The Balaban J connectivity index is 1.70. The lowest BCUT2D eigenvalue weighted by Crippen LogP contribution is -2.51. The van der Waals surface area contributed by atoms with Gasteiger partial charge in [-0.1, -0.05) is 55.5 Å². The molecule has 0 bridgehead atoms. The molecule has 0 unspecified atom stereocenters. The average Bonchev–Trinajstić information content (AvgIpc) is 3.01. The van der Waals surface area contributed by atoms with Crippen LogP contribution in [0.3, 0.4) is 0 Å². The summed E-state index contributed by atoms with van der Waals surface area (Å²) in [5, 5.41) is 2.57. The first-order valence-corrected chi connectivity index (χ1v) is 14.8. The minimum atomic E-state index is -4.20. The Hall–Kier alpha value is -4.70. The number of ether oxygens (including phenoxy) is 1. The lowest BCUT2D eigenvalue weighted by molar-refractivity contribution is -0.140. The Morgan fingerprint density at radius 1 is 0.833 bits per heavy atom. The molecule has 0 saturated heterocycles. The van der Waals surface area contributed by atoms with Gasteiger partial charge < -0.3 is 15.0 Å². The lowest BCUT2D eigenvalue weighted by atomic mass is 10.1. The fourth-order valence-electron chi connectivity index (χ4n) is 4.43. The number of sulfonamides is 1. The zero-order chi connectivity index (χ0) is 30.1. The highest BCUT2D eigenvalue weighted by Crippen LogP contribution is 2.28. The van der Waals surface area contributed by atoms with Crippen molar-refractivity contribution in [2.24, 2.45) is 0 Å². The van der Waals surface area contributed by atoms with Crippen LogP contribution in [0.15, 0.2) is 114 Å². The molecule has 0 heterocycles. The number of nitrogens with zero attached hydrogens (tertiary/aromatic N) is 2. The van der Waals surface area contributed by atoms with Crippen LogP contribution in [0.5, 0.6) is 11.5 Å². The van der Waals surface area contributed by atoms with Gasteiger partial charge in [-0.2, -0.15) is 0 Å². The fourth-order valence-corrected chi connectivity index (χ4v) is 5.86. The van der Waals surface area contributed by atoms with Gasteiger partial charge in [-0.3, -0.25) is 13.9 Å². The molecule has 0 aromatic heterocycles. The van der Waals surface area contributed by atoms with Crippen molar-refractivity contribution in [2.75, 3.05) is 17.9 Å². The number of benzene rings is 4. The lowest BCUT2D eigenvalue weighted by Gasteiger charge is -2.33. The van der Waals surface area contributed by atoms with Crippen LogP contribution in [0.4, 0.5) is 10.1 Å². The van der Waals surface area contributed by atoms with E-state index in [9.17, 15) is 22.4 Å². The van der Waals surface area contributed by atoms with Crippen LogP contribution in [0, 0.1) is 5.82 Å². The Morgan fingerprint density at radius 3 is 1.98 bits per heavy atom. The highest BCUT2D eigenvalue weighted by Gasteiger charge is 2.33. The van der Waals surface area contributed by atoms with Crippen LogP contribution in [-0.4, -0.2) is 44.8 Å². The monoisotopic (exact) mass is 589 g/mol. The van der Waals surface area contributed by atoms with Crippen molar-refractivity contribution in [1.82, 2.24) is 10.2 Å². The van der Waals surface area contributed by atoms with Crippen molar-refractivity contribution in [2.45, 2.75) is 30.8 Å². The third-order valence-electron chi connectivity index (χ3n) is 6.61. The number of para-hydroxylation sites is 1. The summed E-state index contributed by atoms with van der Waals surface area (Å²) in [6, 6.07) is 28.0. The van der Waals surface area contributed by atoms with Crippen LogP contribution >= 0.6 is 0 Å². The number of anilines is 1. The molecule has 4 aromatic rings. The predicted octanol–water partition coefficient (Wildman–Crippen LogP) is 5.37. The number of halogens is 1. The molecule has 1 N–H and O–H groups in total. The minimum Gasteiger partial charge on any atom is -0.457 e. The van der Waals surface area contributed by atoms with Crippen LogP contribution in [-0.2, 0) is 26.2 Å². The number of rotatable bonds is 12. The molecule has 0 aliphatic carbocycles. The molecule has 42 heavy (non-hydrogen) atoms. The summed E-state index contributed by atoms with van der Waals surface area (Å²) >= 11 is 0. The number of nitrogens with one attached hydrogen (secondary N) is 1. The largest absolute Gasteiger partial charge is 0.457 e. The molecule has 0 aliphatic rings. The van der Waals surface area contributed by atoms with Gasteiger partial charge >= 0.3 is 0 Å². The Labute approximate surface area is 245 Å². The van der Waals surface area contributed by atoms with Gasteiger partial charge in [0.15, 0.2) is 0 Å². The van der Waals surface area contributed by atoms with Gasteiger partial charge in [0, 0.05) is 13.6 Å². The van der Waals surface area contributed by atoms with E-state index < -0.39 is 40.2 Å². The first kappa shape index (κ1) is 30.3. The van der Waals surface area contributed by atoms with E-state index in [2.05, 4.69) is 5.32 Å². The van der Waals surface area contributed by atoms with Crippen molar-refractivity contribution in [3.8, 4) is 11.5 Å². The van der Waals surface area contributed by atoms with E-state index in [4.69, 9.17) is 4.74 Å². The summed E-state index contributed by atoms with van der Waals surface area (Å²) in [6.45, 7) is 1.16. The molecular weight excluding hydrogens is 557 g/mol. The molecule has 0 fully saturated rings. The average molecular weight is 590 g/mol. The predicted molar refractivity (Wildman–Crippen MR) is 159 cm³/mol. The van der Waals surface area contributed by atoms with Gasteiger partial charge in [-0.25, -0.2) is 12.8 Å². The van der Waals surface area contributed by atoms with Crippen molar-refractivity contribution >= 4 is 27.5 Å². The van der Waals surface area contributed by atoms with Crippen LogP contribution in [0.2, 0.25) is 0 Å². The number of hydrogen-bond donors (Lipinski definition) is 1. The summed E-state index contributed by atoms with van der Waals surface area (Å²) in [5.41, 5.74) is 0.828. The van der Waals surface area contributed by atoms with E-state index in [0.29, 0.717) is 17.1 Å². The van der Waals surface area contributed by atoms with E-state index in [1.165, 1.54) is 48.3 Å². The van der Waals surface area contributed by atoms with Crippen molar-refractivity contribution in [1.29, 1.82) is 0 Å². The zero-order valence-corrected chi connectivity index (χ0v) is 24.1. The van der Waals surface area contributed by atoms with E-state index in [1.807, 2.05) is 18.2 Å². The topological polar surface area (TPSA) is 96.0 Å². The summed E-state index contributed by atoms with van der Waals surface area (Å²) in [7, 11) is -2.73. The van der Waals surface area contributed by atoms with Crippen molar-refractivity contribution < 1.29 is 27.1 Å². The summed E-state index contributed by atoms with van der Waals surface area (Å²) in [5.74, 6) is -0.330. The Bertz CT molecular complexity index is 1580. The Kier molecular flexibility index (Phi) is 9.93. The van der Waals surface area contributed by atoms with E-state index in [1.54, 1.807) is 61.5 Å². The van der Waals surface area contributed by atoms with E-state index in [-0.39, 0.29) is 23.5 Å². The summed E-state index contributed by atoms with van der Waals surface area (Å²) < 4.78 is 48.2. The third-order valence-corrected chi connectivity index (χ3v) is 8.40. The fraction of sp³-hybridized carbons (Fsp3) is 0.188. The molecule has 8 nitrogen and oxygen atoms in total. The van der Waals surface area contributed by atoms with Crippen LogP contribution in [0.25, 0.3) is 0 Å². The van der Waals surface area contributed by atoms with Gasteiger partial charge in [-0.05, 0) is 72.6 Å². The molecule has 10 heteroatoms. The molecule has 4 rings (SSSR count). The maximum Gasteiger partial charge on any atom is 0.264 e. The molecule has 0 saturated carbocycles. The number of likely N-dealkylation sites (N-methyl/N-ethyl adjacent to an activating group) is 1. The van der Waals surface area contributed by atoms with Gasteiger partial charge in [0.05, 0.1) is 10.6 Å². The standard InChI is InChI=1S/C32H32FN3O5S/c1-3-30(32(38)34-2)35(22-24-14-16-25(33)17-15-24)31(37)23-36(42(39,40)29-12-8-5-9-13-29)26-18-20-28(21-19-26)41-27-10-6-4-7-11-27/h4-21,30H,3,22-23H2,1-2H3,(H,34,38)/t30-/m1/s1. The van der Waals surface area contributed by atoms with Gasteiger partial charge in [0.2, 0.25) is 11.8 Å². The molecule has 1 atom stereocenters. The van der Waals surface area contributed by atoms with E-state index in [0.717, 1.165) is 4.31 Å². The van der Waals surface area contributed by atoms with E-state index >= 15 is 0 Å². The Morgan fingerprint density at radius 2 is 1.40 bits per heavy atom. The van der Waals surface area contributed by atoms with Crippen LogP contribution in [0.1, 0.15) is 18.9 Å². The second-order valence-electron chi connectivity index (χ2n) is 9.42. The van der Waals surface area contributed by atoms with Gasteiger partial charge in [0.1, 0.15) is 29.9 Å². The third kappa shape index (κ3) is 7.32. The zero-order valence-electron chi connectivity index (χ0n) is 23.3.